The van der Waals surface area contributed by atoms with Crippen LogP contribution in [-0.4, -0.2) is 30.4 Å². The maximum atomic E-state index is 10.8. The number of hydrogen-bond acceptors (Lipinski definition) is 3. The molecule has 1 saturated heterocycles. The van der Waals surface area contributed by atoms with Gasteiger partial charge in [0, 0.05) is 17.8 Å². The summed E-state index contributed by atoms with van der Waals surface area (Å²) in [5.41, 5.74) is 4.97. The van der Waals surface area contributed by atoms with Crippen LogP contribution in [0, 0.1) is 11.8 Å². The second-order valence-corrected chi connectivity index (χ2v) is 10.4. The van der Waals surface area contributed by atoms with Crippen molar-refractivity contribution >= 4 is 5.97 Å². The van der Waals surface area contributed by atoms with Gasteiger partial charge in [-0.05, 0) is 53.9 Å². The first-order valence-corrected chi connectivity index (χ1v) is 13.4. The molecule has 0 aromatic heterocycles. The van der Waals surface area contributed by atoms with E-state index in [1.165, 1.54) is 22.3 Å². The van der Waals surface area contributed by atoms with E-state index in [1.807, 2.05) is 24.3 Å². The molecule has 0 unspecified atom stereocenters. The smallest absolute Gasteiger partial charge is 0.303 e. The Balaban J connectivity index is 1.32. The number of rotatable bonds is 12. The third-order valence-electron chi connectivity index (χ3n) is 8.13. The zero-order valence-corrected chi connectivity index (χ0v) is 21.3. The molecule has 4 atom stereocenters. The van der Waals surface area contributed by atoms with Gasteiger partial charge in [0.25, 0.3) is 0 Å². The van der Waals surface area contributed by atoms with Crippen LogP contribution in [-0.2, 0) is 26.3 Å². The topological polar surface area (TPSA) is 55.8 Å². The average Bonchev–Trinajstić information content (AvgIpc) is 3.50. The molecule has 2 aliphatic rings. The van der Waals surface area contributed by atoms with Gasteiger partial charge in [0.05, 0.1) is 25.9 Å². The maximum absolute atomic E-state index is 10.8. The van der Waals surface area contributed by atoms with Gasteiger partial charge in [-0.3, -0.25) is 4.79 Å². The largest absolute Gasteiger partial charge is 0.481 e. The van der Waals surface area contributed by atoms with Gasteiger partial charge in [0.2, 0.25) is 0 Å². The number of allylic oxidation sites excluding steroid dienone is 2. The SMILES string of the molecule is O=C(O)CCC/C=C\C[C@H]1[C@H](COCc2ccccc2)[C@@H]2C[C@@]1(c1ccc(-c3ccccc3)cc1)CO2. The Morgan fingerprint density at radius 3 is 2.38 bits per heavy atom. The third-order valence-corrected chi connectivity index (χ3v) is 8.13. The number of hydrogen-bond donors (Lipinski definition) is 1. The van der Waals surface area contributed by atoms with Crippen LogP contribution in [0.3, 0.4) is 0 Å². The van der Waals surface area contributed by atoms with Crippen LogP contribution >= 0.6 is 0 Å². The fourth-order valence-corrected chi connectivity index (χ4v) is 6.22. The van der Waals surface area contributed by atoms with E-state index in [0.29, 0.717) is 31.5 Å². The minimum Gasteiger partial charge on any atom is -0.481 e. The Morgan fingerprint density at radius 2 is 1.65 bits per heavy atom. The van der Waals surface area contributed by atoms with Crippen molar-refractivity contribution in [1.29, 1.82) is 0 Å². The number of fused-ring (bicyclic) bond motifs is 2. The minimum absolute atomic E-state index is 0.0218. The molecule has 4 heteroatoms. The molecule has 5 rings (SSSR count). The van der Waals surface area contributed by atoms with Crippen LogP contribution in [0.5, 0.6) is 0 Å². The van der Waals surface area contributed by atoms with Gasteiger partial charge in [-0.1, -0.05) is 97.1 Å². The molecular weight excluding hydrogens is 460 g/mol. The lowest BCUT2D eigenvalue weighted by atomic mass is 9.69. The predicted octanol–water partition coefficient (Wildman–Crippen LogP) is 7.04. The number of ether oxygens (including phenoxy) is 2. The standard InChI is InChI=1S/C33H36O4/c34-32(35)16-10-2-1-9-15-30-29(23-36-22-25-11-5-3-6-12-25)31-21-33(30,24-37-31)28-19-17-27(18-20-28)26-13-7-4-8-14-26/h1,3-9,11-14,17-20,29-31H,2,10,15-16,21-24H2,(H,34,35)/b9-1-/t29-,30-,31-,33-/m0/s1. The second kappa shape index (κ2) is 11.9. The Kier molecular flexibility index (Phi) is 8.18. The van der Waals surface area contributed by atoms with E-state index in [0.717, 1.165) is 25.9 Å². The molecule has 2 fully saturated rings. The summed E-state index contributed by atoms with van der Waals surface area (Å²) in [6.07, 6.45) is 8.29. The molecule has 1 aliphatic heterocycles. The summed E-state index contributed by atoms with van der Waals surface area (Å²) in [6, 6.07) is 29.9. The third kappa shape index (κ3) is 5.87. The molecule has 1 heterocycles. The van der Waals surface area contributed by atoms with Crippen molar-refractivity contribution in [2.24, 2.45) is 11.8 Å². The van der Waals surface area contributed by atoms with Crippen LogP contribution in [0.2, 0.25) is 0 Å². The molecule has 1 N–H and O–H groups in total. The van der Waals surface area contributed by atoms with Crippen LogP contribution in [0.25, 0.3) is 11.1 Å². The Bertz CT molecular complexity index is 1170. The second-order valence-electron chi connectivity index (χ2n) is 10.4. The highest BCUT2D eigenvalue weighted by Crippen LogP contribution is 2.56. The van der Waals surface area contributed by atoms with Crippen molar-refractivity contribution in [2.45, 2.75) is 50.2 Å². The summed E-state index contributed by atoms with van der Waals surface area (Å²) < 4.78 is 12.6. The van der Waals surface area contributed by atoms with Gasteiger partial charge in [-0.25, -0.2) is 0 Å². The van der Waals surface area contributed by atoms with Crippen LogP contribution < -0.4 is 0 Å². The van der Waals surface area contributed by atoms with Crippen LogP contribution in [0.15, 0.2) is 97.1 Å². The maximum Gasteiger partial charge on any atom is 0.303 e. The van der Waals surface area contributed by atoms with Crippen molar-refractivity contribution < 1.29 is 19.4 Å². The zero-order chi connectivity index (χ0) is 25.5. The fourth-order valence-electron chi connectivity index (χ4n) is 6.22. The number of aliphatic carboxylic acids is 1. The lowest BCUT2D eigenvalue weighted by molar-refractivity contribution is -0.137. The summed E-state index contributed by atoms with van der Waals surface area (Å²) in [7, 11) is 0. The number of carbonyl (C=O) groups is 1. The van der Waals surface area contributed by atoms with E-state index < -0.39 is 5.97 Å². The van der Waals surface area contributed by atoms with E-state index in [4.69, 9.17) is 14.6 Å². The van der Waals surface area contributed by atoms with E-state index in [-0.39, 0.29) is 17.9 Å². The quantitative estimate of drug-likeness (QED) is 0.216. The molecule has 3 aromatic rings. The Hall–Kier alpha value is -3.21. The van der Waals surface area contributed by atoms with E-state index in [9.17, 15) is 4.79 Å². The summed E-state index contributed by atoms with van der Waals surface area (Å²) in [6.45, 7) is 2.04. The average molecular weight is 497 g/mol. The highest BCUT2D eigenvalue weighted by Gasteiger charge is 2.59. The highest BCUT2D eigenvalue weighted by molar-refractivity contribution is 5.66. The summed E-state index contributed by atoms with van der Waals surface area (Å²) in [5.74, 6) is 0.0161. The van der Waals surface area contributed by atoms with Gasteiger partial charge < -0.3 is 14.6 Å². The highest BCUT2D eigenvalue weighted by atomic mass is 16.5. The van der Waals surface area contributed by atoms with Crippen molar-refractivity contribution in [3.63, 3.8) is 0 Å². The lowest BCUT2D eigenvalue weighted by Gasteiger charge is -2.39. The van der Waals surface area contributed by atoms with Crippen LogP contribution in [0.4, 0.5) is 0 Å². The summed E-state index contributed by atoms with van der Waals surface area (Å²) >= 11 is 0. The monoisotopic (exact) mass is 496 g/mol. The first kappa shape index (κ1) is 25.4. The Morgan fingerprint density at radius 1 is 0.946 bits per heavy atom. The molecule has 0 amide bonds. The van der Waals surface area contributed by atoms with E-state index in [1.54, 1.807) is 0 Å². The predicted molar refractivity (Wildman–Crippen MR) is 146 cm³/mol. The van der Waals surface area contributed by atoms with E-state index in [2.05, 4.69) is 72.8 Å². The van der Waals surface area contributed by atoms with E-state index >= 15 is 0 Å². The number of unbranched alkanes of at least 4 members (excludes halogenated alkanes) is 1. The summed E-state index contributed by atoms with van der Waals surface area (Å²) in [4.78, 5) is 10.8. The number of benzene rings is 3. The van der Waals surface area contributed by atoms with Crippen molar-refractivity contribution in [1.82, 2.24) is 0 Å². The molecule has 1 aliphatic carbocycles. The van der Waals surface area contributed by atoms with Crippen molar-refractivity contribution in [2.75, 3.05) is 13.2 Å². The number of carboxylic acid groups (broad SMARTS) is 1. The molecule has 4 nitrogen and oxygen atoms in total. The molecule has 3 aromatic carbocycles. The van der Waals surface area contributed by atoms with Crippen LogP contribution in [0.1, 0.15) is 43.2 Å². The minimum atomic E-state index is -0.729. The van der Waals surface area contributed by atoms with Gasteiger partial charge in [-0.2, -0.15) is 0 Å². The molecule has 0 spiro atoms. The molecule has 1 saturated carbocycles. The first-order valence-electron chi connectivity index (χ1n) is 13.4. The molecular formula is C33H36O4. The van der Waals surface area contributed by atoms with Crippen molar-refractivity contribution in [3.05, 3.63) is 108 Å². The normalized spacial score (nSPS) is 24.6. The molecule has 192 valence electrons. The lowest BCUT2D eigenvalue weighted by Crippen LogP contribution is -2.41. The van der Waals surface area contributed by atoms with Crippen molar-refractivity contribution in [3.8, 4) is 11.1 Å². The van der Waals surface area contributed by atoms with Gasteiger partial charge >= 0.3 is 5.97 Å². The molecule has 0 radical (unpaired) electrons. The zero-order valence-electron chi connectivity index (χ0n) is 21.3. The first-order chi connectivity index (χ1) is 18.2. The molecule has 2 bridgehead atoms. The molecule has 37 heavy (non-hydrogen) atoms. The summed E-state index contributed by atoms with van der Waals surface area (Å²) in [5, 5.41) is 8.91. The van der Waals surface area contributed by atoms with Gasteiger partial charge in [0.15, 0.2) is 0 Å². The van der Waals surface area contributed by atoms with Gasteiger partial charge in [0.1, 0.15) is 0 Å². The number of carboxylic acids is 1. The van der Waals surface area contributed by atoms with Gasteiger partial charge in [-0.15, -0.1) is 0 Å². The fraction of sp³-hybridized carbons (Fsp3) is 0.364. The Labute approximate surface area is 220 Å².